The lowest BCUT2D eigenvalue weighted by atomic mass is 10.1. The highest BCUT2D eigenvalue weighted by molar-refractivity contribution is 5.81. The minimum absolute atomic E-state index is 0.0870. The first kappa shape index (κ1) is 9.18. The number of H-pyrrole nitrogens is 1. The van der Waals surface area contributed by atoms with Crippen molar-refractivity contribution < 1.29 is 5.11 Å². The van der Waals surface area contributed by atoms with Crippen molar-refractivity contribution in [3.8, 4) is 0 Å². The summed E-state index contributed by atoms with van der Waals surface area (Å²) in [6.07, 6.45) is 4.13. The van der Waals surface area contributed by atoms with Crippen LogP contribution in [0.4, 0.5) is 0 Å². The van der Waals surface area contributed by atoms with Gasteiger partial charge in [-0.05, 0) is 18.6 Å². The quantitative estimate of drug-likeness (QED) is 0.676. The predicted octanol–water partition coefficient (Wildman–Crippen LogP) is 0.945. The van der Waals surface area contributed by atoms with E-state index in [0.717, 1.165) is 16.6 Å². The zero-order chi connectivity index (χ0) is 9.97. The van der Waals surface area contributed by atoms with Gasteiger partial charge in [-0.15, -0.1) is 0 Å². The summed E-state index contributed by atoms with van der Waals surface area (Å²) < 4.78 is 0. The number of fused-ring (bicyclic) bond motifs is 1. The number of rotatable bonds is 3. The average Bonchev–Trinajstić information content (AvgIpc) is 2.65. The minimum atomic E-state index is -0.195. The summed E-state index contributed by atoms with van der Waals surface area (Å²) in [4.78, 5) is 7.34. The average molecular weight is 191 g/mol. The van der Waals surface area contributed by atoms with E-state index >= 15 is 0 Å². The standard InChI is InChI=1S/C10H13N3O/c11-8(3-6-14)10-7-1-4-12-9(7)2-5-13-10/h1-2,4-5,8,12,14H,3,6,11H2/t8-/m1/s1. The van der Waals surface area contributed by atoms with E-state index in [9.17, 15) is 0 Å². The van der Waals surface area contributed by atoms with E-state index in [1.165, 1.54) is 0 Å². The molecule has 4 N–H and O–H groups in total. The number of pyridine rings is 1. The van der Waals surface area contributed by atoms with Crippen LogP contribution in [0.5, 0.6) is 0 Å². The molecule has 14 heavy (non-hydrogen) atoms. The summed E-state index contributed by atoms with van der Waals surface area (Å²) >= 11 is 0. The lowest BCUT2D eigenvalue weighted by molar-refractivity contribution is 0.276. The molecule has 0 radical (unpaired) electrons. The summed E-state index contributed by atoms with van der Waals surface area (Å²) in [7, 11) is 0. The molecule has 0 aromatic carbocycles. The summed E-state index contributed by atoms with van der Waals surface area (Å²) in [6.45, 7) is 0.0870. The molecule has 0 saturated carbocycles. The molecule has 0 aliphatic carbocycles. The number of aromatic amines is 1. The van der Waals surface area contributed by atoms with Crippen LogP contribution in [0.25, 0.3) is 10.9 Å². The van der Waals surface area contributed by atoms with Crippen LogP contribution >= 0.6 is 0 Å². The largest absolute Gasteiger partial charge is 0.396 e. The van der Waals surface area contributed by atoms with E-state index in [2.05, 4.69) is 9.97 Å². The van der Waals surface area contributed by atoms with Crippen LogP contribution in [-0.4, -0.2) is 21.7 Å². The molecule has 4 nitrogen and oxygen atoms in total. The molecule has 2 heterocycles. The van der Waals surface area contributed by atoms with Crippen LogP contribution in [0.3, 0.4) is 0 Å². The first-order valence-electron chi connectivity index (χ1n) is 4.61. The molecule has 1 atom stereocenters. The van der Waals surface area contributed by atoms with Gasteiger partial charge < -0.3 is 15.8 Å². The van der Waals surface area contributed by atoms with Crippen LogP contribution < -0.4 is 5.73 Å². The highest BCUT2D eigenvalue weighted by atomic mass is 16.3. The molecule has 2 aromatic heterocycles. The number of nitrogens with one attached hydrogen (secondary N) is 1. The molecular formula is C10H13N3O. The summed E-state index contributed by atoms with van der Waals surface area (Å²) in [5.41, 5.74) is 7.77. The van der Waals surface area contributed by atoms with Gasteiger partial charge in [-0.25, -0.2) is 0 Å². The molecule has 0 bridgehead atoms. The van der Waals surface area contributed by atoms with E-state index in [1.54, 1.807) is 6.20 Å². The first-order valence-corrected chi connectivity index (χ1v) is 4.61. The first-order chi connectivity index (χ1) is 6.83. The van der Waals surface area contributed by atoms with Gasteiger partial charge in [-0.1, -0.05) is 0 Å². The maximum absolute atomic E-state index is 8.81. The van der Waals surface area contributed by atoms with Gasteiger partial charge in [-0.2, -0.15) is 0 Å². The minimum Gasteiger partial charge on any atom is -0.396 e. The Balaban J connectivity index is 2.45. The Labute approximate surface area is 81.8 Å². The van der Waals surface area contributed by atoms with Crippen LogP contribution in [0.1, 0.15) is 18.2 Å². The number of hydrogen-bond acceptors (Lipinski definition) is 3. The Morgan fingerprint density at radius 1 is 1.50 bits per heavy atom. The van der Waals surface area contributed by atoms with Crippen LogP contribution in [-0.2, 0) is 0 Å². The van der Waals surface area contributed by atoms with E-state index in [0.29, 0.717) is 6.42 Å². The molecular weight excluding hydrogens is 178 g/mol. The second-order valence-electron chi connectivity index (χ2n) is 3.25. The molecule has 0 amide bonds. The molecule has 0 unspecified atom stereocenters. The lowest BCUT2D eigenvalue weighted by Crippen LogP contribution is -2.13. The smallest absolute Gasteiger partial charge is 0.0665 e. The highest BCUT2D eigenvalue weighted by Gasteiger charge is 2.10. The normalized spacial score (nSPS) is 13.3. The molecule has 74 valence electrons. The Bertz CT molecular complexity index is 424. The molecule has 2 aromatic rings. The Morgan fingerprint density at radius 2 is 2.36 bits per heavy atom. The fourth-order valence-corrected chi connectivity index (χ4v) is 1.58. The maximum Gasteiger partial charge on any atom is 0.0665 e. The van der Waals surface area contributed by atoms with Crippen molar-refractivity contribution in [2.75, 3.05) is 6.61 Å². The van der Waals surface area contributed by atoms with Gasteiger partial charge in [0.15, 0.2) is 0 Å². The predicted molar refractivity (Wildman–Crippen MR) is 54.7 cm³/mol. The summed E-state index contributed by atoms with van der Waals surface area (Å²) in [5, 5.41) is 9.84. The van der Waals surface area contributed by atoms with E-state index in [1.807, 2.05) is 18.3 Å². The highest BCUT2D eigenvalue weighted by Crippen LogP contribution is 2.21. The second kappa shape index (κ2) is 3.77. The summed E-state index contributed by atoms with van der Waals surface area (Å²) in [6, 6.07) is 3.67. The third kappa shape index (κ3) is 1.49. The summed E-state index contributed by atoms with van der Waals surface area (Å²) in [5.74, 6) is 0. The van der Waals surface area contributed by atoms with E-state index in [4.69, 9.17) is 10.8 Å². The van der Waals surface area contributed by atoms with Crippen molar-refractivity contribution in [3.05, 3.63) is 30.2 Å². The molecule has 0 aliphatic rings. The van der Waals surface area contributed by atoms with Crippen molar-refractivity contribution in [3.63, 3.8) is 0 Å². The van der Waals surface area contributed by atoms with Gasteiger partial charge in [0.2, 0.25) is 0 Å². The number of nitrogens with zero attached hydrogens (tertiary/aromatic N) is 1. The van der Waals surface area contributed by atoms with Crippen LogP contribution in [0.15, 0.2) is 24.5 Å². The molecule has 0 saturated heterocycles. The number of aliphatic hydroxyl groups is 1. The monoisotopic (exact) mass is 191 g/mol. The van der Waals surface area contributed by atoms with Gasteiger partial charge >= 0.3 is 0 Å². The van der Waals surface area contributed by atoms with Gasteiger partial charge in [0, 0.05) is 35.9 Å². The van der Waals surface area contributed by atoms with Gasteiger partial charge in [0.25, 0.3) is 0 Å². The fraction of sp³-hybridized carbons (Fsp3) is 0.300. The maximum atomic E-state index is 8.81. The fourth-order valence-electron chi connectivity index (χ4n) is 1.58. The molecule has 4 heteroatoms. The van der Waals surface area contributed by atoms with E-state index in [-0.39, 0.29) is 12.6 Å². The van der Waals surface area contributed by atoms with Crippen LogP contribution in [0.2, 0.25) is 0 Å². The van der Waals surface area contributed by atoms with Gasteiger partial charge in [0.05, 0.1) is 5.69 Å². The van der Waals surface area contributed by atoms with Gasteiger partial charge in [-0.3, -0.25) is 4.98 Å². The third-order valence-electron chi connectivity index (χ3n) is 2.30. The zero-order valence-corrected chi connectivity index (χ0v) is 7.77. The van der Waals surface area contributed by atoms with Crippen LogP contribution in [0, 0.1) is 0 Å². The number of aliphatic hydroxyl groups excluding tert-OH is 1. The van der Waals surface area contributed by atoms with Crippen molar-refractivity contribution in [2.45, 2.75) is 12.5 Å². The molecule has 0 aliphatic heterocycles. The lowest BCUT2D eigenvalue weighted by Gasteiger charge is -2.09. The van der Waals surface area contributed by atoms with Crippen molar-refractivity contribution in [1.82, 2.24) is 9.97 Å². The topological polar surface area (TPSA) is 74.9 Å². The zero-order valence-electron chi connectivity index (χ0n) is 7.77. The molecule has 0 spiro atoms. The molecule has 0 fully saturated rings. The molecule has 2 rings (SSSR count). The Hall–Kier alpha value is -1.39. The second-order valence-corrected chi connectivity index (χ2v) is 3.25. The Morgan fingerprint density at radius 3 is 3.14 bits per heavy atom. The number of hydrogen-bond donors (Lipinski definition) is 3. The van der Waals surface area contributed by atoms with Crippen molar-refractivity contribution in [2.24, 2.45) is 5.73 Å². The number of aromatic nitrogens is 2. The third-order valence-corrected chi connectivity index (χ3v) is 2.30. The van der Waals surface area contributed by atoms with Crippen molar-refractivity contribution >= 4 is 10.9 Å². The van der Waals surface area contributed by atoms with E-state index < -0.39 is 0 Å². The number of nitrogens with two attached hydrogens (primary N) is 1. The van der Waals surface area contributed by atoms with Gasteiger partial charge in [0.1, 0.15) is 0 Å². The SMILES string of the molecule is N[C@H](CCO)c1nccc2[nH]ccc12. The Kier molecular flexibility index (Phi) is 2.47. The van der Waals surface area contributed by atoms with Crippen molar-refractivity contribution in [1.29, 1.82) is 0 Å².